The molecule has 3 amide bonds. The molecule has 8 aromatic heterocycles. The Bertz CT molecular complexity index is 3060. The van der Waals surface area contributed by atoms with E-state index >= 15 is 0 Å². The highest BCUT2D eigenvalue weighted by Gasteiger charge is 2.21. The fourth-order valence-electron chi connectivity index (χ4n) is 8.96. The third-order valence-electron chi connectivity index (χ3n) is 12.8. The molecule has 0 radical (unpaired) electrons. The van der Waals surface area contributed by atoms with Gasteiger partial charge in [0.15, 0.2) is 0 Å². The first-order valence-corrected chi connectivity index (χ1v) is 27.8. The average Bonchev–Trinajstić information content (AvgIpc) is 3.62. The van der Waals surface area contributed by atoms with Crippen LogP contribution >= 0.6 is 0 Å². The molecule has 8 rings (SSSR count). The summed E-state index contributed by atoms with van der Waals surface area (Å²) in [4.78, 5) is 80.3. The predicted octanol–water partition coefficient (Wildman–Crippen LogP) is 4.38. The SMILES string of the molecule is C=CC(=O)NCCNC(=O)c1ccc(CN(Cc2ccccn2)CC(O)CN(Cc2ccccn2)Cc2ccccn2)nc1.NCCNC(=O)c1ccc(CN(Cc2ccccn2)CC(O)CN(Cc2ccccn2)Cc2ccccn2)nc1. The molecular formula is C63H74N16O5. The number of rotatable bonds is 32. The molecule has 8 heterocycles. The van der Waals surface area contributed by atoms with E-state index in [0.717, 1.165) is 45.6 Å². The van der Waals surface area contributed by atoms with Crippen LogP contribution < -0.4 is 21.7 Å². The molecule has 0 aliphatic rings. The Morgan fingerprint density at radius 3 is 0.917 bits per heavy atom. The van der Waals surface area contributed by atoms with Crippen molar-refractivity contribution in [3.8, 4) is 0 Å². The molecule has 21 nitrogen and oxygen atoms in total. The first-order valence-electron chi connectivity index (χ1n) is 27.8. The van der Waals surface area contributed by atoms with Crippen molar-refractivity contribution in [3.63, 3.8) is 0 Å². The molecule has 2 unspecified atom stereocenters. The number of aromatic nitrogens is 8. The third kappa shape index (κ3) is 23.1. The monoisotopic (exact) mass is 1130 g/mol. The van der Waals surface area contributed by atoms with Gasteiger partial charge in [-0.2, -0.15) is 0 Å². The minimum absolute atomic E-state index is 0.203. The van der Waals surface area contributed by atoms with Crippen molar-refractivity contribution in [2.24, 2.45) is 5.73 Å². The number of nitrogens with zero attached hydrogens (tertiary/aromatic N) is 12. The number of hydrogen-bond donors (Lipinski definition) is 6. The number of carbonyl (C=O) groups is 3. The van der Waals surface area contributed by atoms with E-state index in [0.29, 0.717) is 109 Å². The summed E-state index contributed by atoms with van der Waals surface area (Å²) in [6, 6.07) is 42.0. The van der Waals surface area contributed by atoms with Gasteiger partial charge in [-0.1, -0.05) is 43.0 Å². The van der Waals surface area contributed by atoms with E-state index in [4.69, 9.17) is 5.73 Å². The van der Waals surface area contributed by atoms with Crippen molar-refractivity contribution < 1.29 is 24.6 Å². The second-order valence-electron chi connectivity index (χ2n) is 19.8. The number of hydrogen-bond acceptors (Lipinski definition) is 18. The summed E-state index contributed by atoms with van der Waals surface area (Å²) in [6.45, 7) is 10.7. The van der Waals surface area contributed by atoms with Gasteiger partial charge in [0.05, 0.1) is 68.9 Å². The van der Waals surface area contributed by atoms with Crippen molar-refractivity contribution in [2.75, 3.05) is 52.4 Å². The predicted molar refractivity (Wildman–Crippen MR) is 319 cm³/mol. The number of aliphatic hydroxyl groups excluding tert-OH is 2. The van der Waals surface area contributed by atoms with Gasteiger partial charge in [-0.15, -0.1) is 0 Å². The first kappa shape index (κ1) is 62.7. The fraction of sp³-hybridized carbons (Fsp3) is 0.286. The number of carbonyl (C=O) groups excluding carboxylic acids is 3. The molecule has 84 heavy (non-hydrogen) atoms. The smallest absolute Gasteiger partial charge is 0.252 e. The molecule has 7 N–H and O–H groups in total. The maximum atomic E-state index is 12.5. The lowest BCUT2D eigenvalue weighted by Gasteiger charge is -2.29. The summed E-state index contributed by atoms with van der Waals surface area (Å²) in [6.07, 6.45) is 13.5. The summed E-state index contributed by atoms with van der Waals surface area (Å²) in [7, 11) is 0. The fourth-order valence-corrected chi connectivity index (χ4v) is 8.96. The van der Waals surface area contributed by atoms with E-state index in [2.05, 4.69) is 82.0 Å². The molecule has 0 saturated heterocycles. The molecule has 0 spiro atoms. The lowest BCUT2D eigenvalue weighted by atomic mass is 10.2. The van der Waals surface area contributed by atoms with E-state index in [1.807, 2.05) is 115 Å². The average molecular weight is 1140 g/mol. The van der Waals surface area contributed by atoms with Gasteiger partial charge in [0.25, 0.3) is 11.8 Å². The van der Waals surface area contributed by atoms with Crippen molar-refractivity contribution in [2.45, 2.75) is 64.6 Å². The quantitative estimate of drug-likeness (QED) is 0.0252. The van der Waals surface area contributed by atoms with Crippen molar-refractivity contribution in [1.82, 2.24) is 75.4 Å². The topological polar surface area (TPSA) is 270 Å². The van der Waals surface area contributed by atoms with Gasteiger partial charge in [-0.25, -0.2) is 0 Å². The number of amides is 3. The Labute approximate surface area is 490 Å². The highest BCUT2D eigenvalue weighted by molar-refractivity contribution is 5.94. The Morgan fingerprint density at radius 1 is 0.405 bits per heavy atom. The van der Waals surface area contributed by atoms with Crippen LogP contribution in [0.15, 0.2) is 196 Å². The minimum Gasteiger partial charge on any atom is -0.390 e. The zero-order chi connectivity index (χ0) is 59.0. The largest absolute Gasteiger partial charge is 0.390 e. The van der Waals surface area contributed by atoms with Crippen LogP contribution in [0.25, 0.3) is 0 Å². The lowest BCUT2D eigenvalue weighted by molar-refractivity contribution is -0.116. The van der Waals surface area contributed by atoms with Crippen molar-refractivity contribution in [1.29, 1.82) is 0 Å². The Hall–Kier alpha value is -8.93. The van der Waals surface area contributed by atoms with Crippen LogP contribution in [0.4, 0.5) is 0 Å². The number of nitrogens with one attached hydrogen (secondary N) is 3. The molecule has 2 atom stereocenters. The van der Waals surface area contributed by atoms with E-state index in [-0.39, 0.29) is 24.3 Å². The molecule has 0 bridgehead atoms. The molecule has 0 aromatic carbocycles. The summed E-state index contributed by atoms with van der Waals surface area (Å²) < 4.78 is 0. The molecule has 0 aliphatic carbocycles. The van der Waals surface area contributed by atoms with Crippen LogP contribution in [-0.4, -0.2) is 152 Å². The van der Waals surface area contributed by atoms with E-state index < -0.39 is 12.2 Å². The van der Waals surface area contributed by atoms with Gasteiger partial charge in [0, 0.05) is 154 Å². The maximum absolute atomic E-state index is 12.5. The summed E-state index contributed by atoms with van der Waals surface area (Å²) in [5.74, 6) is -0.774. The molecular weight excluding hydrogens is 1060 g/mol. The summed E-state index contributed by atoms with van der Waals surface area (Å²) in [5, 5.41) is 30.7. The van der Waals surface area contributed by atoms with E-state index in [1.165, 1.54) is 12.3 Å². The first-order chi connectivity index (χ1) is 41.1. The van der Waals surface area contributed by atoms with Gasteiger partial charge < -0.3 is 31.9 Å². The highest BCUT2D eigenvalue weighted by Crippen LogP contribution is 2.15. The van der Waals surface area contributed by atoms with Gasteiger partial charge in [-0.3, -0.25) is 73.9 Å². The number of nitrogens with two attached hydrogens (primary N) is 1. The van der Waals surface area contributed by atoms with E-state index in [1.54, 1.807) is 61.6 Å². The van der Waals surface area contributed by atoms with Gasteiger partial charge in [0.1, 0.15) is 0 Å². The van der Waals surface area contributed by atoms with Crippen LogP contribution in [0.5, 0.6) is 0 Å². The molecule has 21 heteroatoms. The lowest BCUT2D eigenvalue weighted by Crippen LogP contribution is -2.40. The Morgan fingerprint density at radius 2 is 0.679 bits per heavy atom. The van der Waals surface area contributed by atoms with Crippen LogP contribution in [0.1, 0.15) is 66.3 Å². The molecule has 8 aromatic rings. The van der Waals surface area contributed by atoms with Crippen LogP contribution in [0.3, 0.4) is 0 Å². The molecule has 0 fully saturated rings. The normalized spacial score (nSPS) is 11.8. The molecule has 0 saturated carbocycles. The number of pyridine rings is 8. The van der Waals surface area contributed by atoms with Gasteiger partial charge >= 0.3 is 0 Å². The Balaban J connectivity index is 0.000000242. The zero-order valence-electron chi connectivity index (χ0n) is 47.1. The Kier molecular flexibility index (Phi) is 26.2. The molecule has 436 valence electrons. The minimum atomic E-state index is -0.683. The summed E-state index contributed by atoms with van der Waals surface area (Å²) >= 11 is 0. The third-order valence-corrected chi connectivity index (χ3v) is 12.8. The summed E-state index contributed by atoms with van der Waals surface area (Å²) in [5.41, 5.74) is 13.4. The maximum Gasteiger partial charge on any atom is 0.252 e. The van der Waals surface area contributed by atoms with Crippen molar-refractivity contribution in [3.05, 3.63) is 252 Å². The van der Waals surface area contributed by atoms with Crippen LogP contribution in [0.2, 0.25) is 0 Å². The second kappa shape index (κ2) is 35.2. The zero-order valence-corrected chi connectivity index (χ0v) is 47.1. The highest BCUT2D eigenvalue weighted by atomic mass is 16.3. The van der Waals surface area contributed by atoms with Crippen molar-refractivity contribution >= 4 is 17.7 Å². The van der Waals surface area contributed by atoms with Gasteiger partial charge in [0.2, 0.25) is 5.91 Å². The molecule has 0 aliphatic heterocycles. The number of aliphatic hydroxyl groups is 2. The standard InChI is InChI=1S/C33H38N8O3.C30H36N8O2/c1-2-32(43)37-17-18-38-33(44)26-12-13-30(39-19-26)23-41(22-29-11-5-8-16-36-29)25-31(42)24-40(20-27-9-3-6-14-34-27)21-28-10-4-7-15-35-28;31-12-16-35-30(40)24-10-11-28(36-17-24)21-38(20-27-9-3-6-15-34-27)23-29(39)22-37(18-25-7-1-4-13-32-25)19-26-8-2-5-14-33-26/h2-16,19,31,42H,1,17-18,20-25H2,(H,37,43)(H,38,44);1-11,13-15,17,29,39H,12,16,18-23,31H2,(H,35,40). The van der Waals surface area contributed by atoms with Crippen LogP contribution in [0, 0.1) is 0 Å². The van der Waals surface area contributed by atoms with E-state index in [9.17, 15) is 24.6 Å². The van der Waals surface area contributed by atoms with Gasteiger partial charge in [-0.05, 0) is 103 Å². The van der Waals surface area contributed by atoms with Crippen LogP contribution in [-0.2, 0) is 57.2 Å². The second-order valence-corrected chi connectivity index (χ2v) is 19.8.